The fraction of sp³-hybridized carbons (Fsp3) is 0.846. The second-order valence-electron chi connectivity index (χ2n) is 4.90. The van der Waals surface area contributed by atoms with Gasteiger partial charge in [-0.15, -0.1) is 0 Å². The van der Waals surface area contributed by atoms with Crippen LogP contribution in [-0.2, 0) is 9.53 Å². The van der Waals surface area contributed by atoms with Gasteiger partial charge in [-0.2, -0.15) is 0 Å². The molecule has 0 saturated carbocycles. The third-order valence-corrected chi connectivity index (χ3v) is 3.25. The Hall–Kier alpha value is -0.720. The highest BCUT2D eigenvalue weighted by Crippen LogP contribution is 2.02. The molecule has 0 heterocycles. The lowest BCUT2D eigenvalue weighted by molar-refractivity contribution is -0.130. The lowest BCUT2D eigenvalue weighted by Crippen LogP contribution is -2.38. The first kappa shape index (κ1) is 18.3. The van der Waals surface area contributed by atoms with E-state index in [9.17, 15) is 4.79 Å². The van der Waals surface area contributed by atoms with E-state index in [2.05, 4.69) is 18.7 Å². The molecular formula is C13H27N3O2S. The van der Waals surface area contributed by atoms with Gasteiger partial charge in [-0.1, -0.05) is 12.2 Å². The van der Waals surface area contributed by atoms with Gasteiger partial charge in [0, 0.05) is 52.7 Å². The summed E-state index contributed by atoms with van der Waals surface area (Å²) in [6.45, 7) is 7.11. The van der Waals surface area contributed by atoms with Crippen molar-refractivity contribution in [2.75, 3.05) is 40.4 Å². The van der Waals surface area contributed by atoms with Crippen LogP contribution in [0.3, 0.4) is 0 Å². The molecule has 0 saturated heterocycles. The molecule has 0 aromatic carbocycles. The minimum atomic E-state index is 0.124. The third-order valence-electron chi connectivity index (χ3n) is 3.05. The van der Waals surface area contributed by atoms with Crippen molar-refractivity contribution < 1.29 is 9.53 Å². The molecule has 112 valence electrons. The Morgan fingerprint density at radius 2 is 1.89 bits per heavy atom. The van der Waals surface area contributed by atoms with Gasteiger partial charge in [0.1, 0.15) is 0 Å². The molecule has 0 aromatic rings. The number of nitrogens with two attached hydrogens (primary N) is 1. The van der Waals surface area contributed by atoms with Crippen LogP contribution >= 0.6 is 12.2 Å². The summed E-state index contributed by atoms with van der Waals surface area (Å²) in [4.78, 5) is 16.3. The van der Waals surface area contributed by atoms with Crippen LogP contribution in [0.4, 0.5) is 0 Å². The quantitative estimate of drug-likeness (QED) is 0.605. The normalized spacial score (nSPS) is 11.1. The standard InChI is InChI=1S/C13H27N3O2S/c1-11(2)16(9-10-18-4)8-6-13(17)15(3)7-5-12(14)19/h11H,5-10H2,1-4H3,(H2,14,19). The number of carbonyl (C=O) groups is 1. The van der Waals surface area contributed by atoms with Gasteiger partial charge in [-0.25, -0.2) is 0 Å². The number of rotatable bonds is 10. The van der Waals surface area contributed by atoms with E-state index >= 15 is 0 Å². The molecule has 6 heteroatoms. The van der Waals surface area contributed by atoms with Crippen molar-refractivity contribution in [3.63, 3.8) is 0 Å². The summed E-state index contributed by atoms with van der Waals surface area (Å²) >= 11 is 4.81. The number of methoxy groups -OCH3 is 1. The van der Waals surface area contributed by atoms with Gasteiger partial charge in [-0.3, -0.25) is 9.69 Å². The molecule has 0 aliphatic heterocycles. The van der Waals surface area contributed by atoms with Gasteiger partial charge in [-0.05, 0) is 13.8 Å². The van der Waals surface area contributed by atoms with Crippen molar-refractivity contribution in [2.45, 2.75) is 32.7 Å². The molecule has 0 aliphatic carbocycles. The molecule has 0 bridgehead atoms. The van der Waals surface area contributed by atoms with Crippen molar-refractivity contribution in [1.82, 2.24) is 9.80 Å². The minimum absolute atomic E-state index is 0.124. The van der Waals surface area contributed by atoms with Crippen molar-refractivity contribution in [3.05, 3.63) is 0 Å². The number of nitrogens with zero attached hydrogens (tertiary/aromatic N) is 2. The van der Waals surface area contributed by atoms with E-state index in [1.807, 2.05) is 0 Å². The lowest BCUT2D eigenvalue weighted by Gasteiger charge is -2.26. The molecule has 5 nitrogen and oxygen atoms in total. The summed E-state index contributed by atoms with van der Waals surface area (Å²) < 4.78 is 5.08. The number of amides is 1. The molecule has 19 heavy (non-hydrogen) atoms. The summed E-state index contributed by atoms with van der Waals surface area (Å²) in [7, 11) is 3.47. The fourth-order valence-electron chi connectivity index (χ4n) is 1.67. The van der Waals surface area contributed by atoms with E-state index in [0.29, 0.717) is 37.0 Å². The Morgan fingerprint density at radius 3 is 2.37 bits per heavy atom. The molecular weight excluding hydrogens is 262 g/mol. The van der Waals surface area contributed by atoms with Crippen LogP contribution in [0.1, 0.15) is 26.7 Å². The SMILES string of the molecule is COCCN(CCC(=O)N(C)CCC(N)=S)C(C)C. The second-order valence-corrected chi connectivity index (χ2v) is 5.43. The summed E-state index contributed by atoms with van der Waals surface area (Å²) in [6, 6.07) is 0.407. The predicted octanol–water partition coefficient (Wildman–Crippen LogP) is 0.868. The molecule has 0 aliphatic rings. The first-order chi connectivity index (χ1) is 8.88. The van der Waals surface area contributed by atoms with Gasteiger partial charge in [0.05, 0.1) is 11.6 Å². The van der Waals surface area contributed by atoms with E-state index < -0.39 is 0 Å². The van der Waals surface area contributed by atoms with Crippen LogP contribution in [-0.4, -0.2) is 67.1 Å². The zero-order valence-corrected chi connectivity index (χ0v) is 13.3. The monoisotopic (exact) mass is 289 g/mol. The van der Waals surface area contributed by atoms with Crippen molar-refractivity contribution in [1.29, 1.82) is 0 Å². The van der Waals surface area contributed by atoms with Crippen molar-refractivity contribution in [2.24, 2.45) is 5.73 Å². The van der Waals surface area contributed by atoms with Gasteiger partial charge in [0.15, 0.2) is 0 Å². The van der Waals surface area contributed by atoms with Crippen LogP contribution in [0.15, 0.2) is 0 Å². The number of carbonyl (C=O) groups excluding carboxylic acids is 1. The summed E-state index contributed by atoms with van der Waals surface area (Å²) in [5, 5.41) is 0. The van der Waals surface area contributed by atoms with Gasteiger partial charge < -0.3 is 15.4 Å². The van der Waals surface area contributed by atoms with Gasteiger partial charge in [0.25, 0.3) is 0 Å². The topological polar surface area (TPSA) is 58.8 Å². The number of ether oxygens (including phenoxy) is 1. The van der Waals surface area contributed by atoms with Crippen molar-refractivity contribution in [3.8, 4) is 0 Å². The number of thiocarbonyl (C=S) groups is 1. The van der Waals surface area contributed by atoms with E-state index in [1.54, 1.807) is 19.1 Å². The average Bonchev–Trinajstić information content (AvgIpc) is 2.35. The Balaban J connectivity index is 4.05. The lowest BCUT2D eigenvalue weighted by atomic mass is 10.2. The van der Waals surface area contributed by atoms with Gasteiger partial charge >= 0.3 is 0 Å². The zero-order valence-electron chi connectivity index (χ0n) is 12.5. The summed E-state index contributed by atoms with van der Waals surface area (Å²) in [6.07, 6.45) is 1.09. The van der Waals surface area contributed by atoms with Crippen LogP contribution in [0.2, 0.25) is 0 Å². The highest BCUT2D eigenvalue weighted by Gasteiger charge is 2.14. The fourth-order valence-corrected chi connectivity index (χ4v) is 1.76. The highest BCUT2D eigenvalue weighted by atomic mass is 32.1. The average molecular weight is 289 g/mol. The van der Waals surface area contributed by atoms with Crippen LogP contribution < -0.4 is 5.73 Å². The minimum Gasteiger partial charge on any atom is -0.393 e. The van der Waals surface area contributed by atoms with Gasteiger partial charge in [0.2, 0.25) is 5.91 Å². The second kappa shape index (κ2) is 10.1. The molecule has 1 amide bonds. The summed E-state index contributed by atoms with van der Waals surface area (Å²) in [5.74, 6) is 0.124. The Kier molecular flexibility index (Phi) is 9.73. The number of hydrogen-bond acceptors (Lipinski definition) is 4. The van der Waals surface area contributed by atoms with Crippen molar-refractivity contribution >= 4 is 23.1 Å². The maximum atomic E-state index is 11.9. The first-order valence-corrected chi connectivity index (χ1v) is 7.04. The molecule has 0 unspecified atom stereocenters. The third kappa shape index (κ3) is 8.91. The number of hydrogen-bond donors (Lipinski definition) is 1. The Labute approximate surface area is 122 Å². The summed E-state index contributed by atoms with van der Waals surface area (Å²) in [5.41, 5.74) is 5.43. The maximum Gasteiger partial charge on any atom is 0.223 e. The van der Waals surface area contributed by atoms with Crippen LogP contribution in [0, 0.1) is 0 Å². The molecule has 2 N–H and O–H groups in total. The van der Waals surface area contributed by atoms with E-state index in [4.69, 9.17) is 22.7 Å². The Morgan fingerprint density at radius 1 is 1.26 bits per heavy atom. The molecule has 0 aromatic heterocycles. The molecule has 0 fully saturated rings. The highest BCUT2D eigenvalue weighted by molar-refractivity contribution is 7.80. The van der Waals surface area contributed by atoms with E-state index in [1.165, 1.54) is 0 Å². The first-order valence-electron chi connectivity index (χ1n) is 6.63. The Bertz CT molecular complexity index is 285. The largest absolute Gasteiger partial charge is 0.393 e. The molecule has 0 atom stereocenters. The van der Waals surface area contributed by atoms with E-state index in [-0.39, 0.29) is 5.91 Å². The van der Waals surface area contributed by atoms with E-state index in [0.717, 1.165) is 13.1 Å². The molecule has 0 rings (SSSR count). The van der Waals surface area contributed by atoms with Crippen LogP contribution in [0.25, 0.3) is 0 Å². The predicted molar refractivity (Wildman–Crippen MR) is 82.2 cm³/mol. The zero-order chi connectivity index (χ0) is 14.8. The maximum absolute atomic E-state index is 11.9. The molecule has 0 spiro atoms. The molecule has 0 radical (unpaired) electrons. The smallest absolute Gasteiger partial charge is 0.223 e. The van der Waals surface area contributed by atoms with Crippen LogP contribution in [0.5, 0.6) is 0 Å².